The molecule has 0 N–H and O–H groups in total. The van der Waals surface area contributed by atoms with Crippen LogP contribution in [0.2, 0.25) is 0 Å². The van der Waals surface area contributed by atoms with Crippen molar-refractivity contribution in [2.75, 3.05) is 32.8 Å². The fourth-order valence-corrected chi connectivity index (χ4v) is 2.74. The van der Waals surface area contributed by atoms with E-state index >= 15 is 0 Å². The fraction of sp³-hybridized carbons (Fsp3) is 0.857. The molecule has 2 aliphatic heterocycles. The van der Waals surface area contributed by atoms with Crippen LogP contribution in [-0.2, 0) is 14.3 Å². The van der Waals surface area contributed by atoms with E-state index in [0.717, 1.165) is 32.5 Å². The zero-order chi connectivity index (χ0) is 14.0. The first-order valence-electron chi connectivity index (χ1n) is 7.09. The van der Waals surface area contributed by atoms with Crippen molar-refractivity contribution < 1.29 is 14.3 Å². The minimum Gasteiger partial charge on any atom is -0.464 e. The molecule has 0 saturated carbocycles. The zero-order valence-corrected chi connectivity index (χ0v) is 12.1. The number of esters is 1. The summed E-state index contributed by atoms with van der Waals surface area (Å²) in [6.45, 7) is 9.51. The van der Waals surface area contributed by atoms with Gasteiger partial charge >= 0.3 is 5.97 Å². The minimum atomic E-state index is -0.332. The van der Waals surface area contributed by atoms with Gasteiger partial charge in [0.15, 0.2) is 0 Å². The molecule has 2 saturated heterocycles. The molecule has 0 bridgehead atoms. The Hall–Kier alpha value is -1.10. The monoisotopic (exact) mass is 268 g/mol. The molecule has 0 spiro atoms. The van der Waals surface area contributed by atoms with Crippen LogP contribution in [0.25, 0.3) is 0 Å². The van der Waals surface area contributed by atoms with Crippen molar-refractivity contribution in [1.29, 1.82) is 0 Å². The van der Waals surface area contributed by atoms with E-state index in [2.05, 4.69) is 4.90 Å². The predicted octanol–water partition coefficient (Wildman–Crippen LogP) is 0.882. The van der Waals surface area contributed by atoms with Crippen LogP contribution in [0.15, 0.2) is 0 Å². The van der Waals surface area contributed by atoms with Crippen molar-refractivity contribution >= 4 is 11.9 Å². The van der Waals surface area contributed by atoms with Gasteiger partial charge in [0.05, 0.1) is 6.61 Å². The van der Waals surface area contributed by atoms with Crippen molar-refractivity contribution in [1.82, 2.24) is 9.80 Å². The van der Waals surface area contributed by atoms with Gasteiger partial charge in [0, 0.05) is 38.0 Å². The lowest BCUT2D eigenvalue weighted by molar-refractivity contribution is -0.142. The summed E-state index contributed by atoms with van der Waals surface area (Å²) in [5.74, 6) is 0.0962. The molecule has 2 fully saturated rings. The van der Waals surface area contributed by atoms with Crippen LogP contribution in [0.4, 0.5) is 0 Å². The Balaban J connectivity index is 1.95. The van der Waals surface area contributed by atoms with Crippen molar-refractivity contribution in [3.63, 3.8) is 0 Å². The van der Waals surface area contributed by atoms with Gasteiger partial charge in [-0.2, -0.15) is 0 Å². The van der Waals surface area contributed by atoms with E-state index < -0.39 is 0 Å². The lowest BCUT2D eigenvalue weighted by atomic mass is 9.94. The third-order valence-corrected chi connectivity index (χ3v) is 3.81. The van der Waals surface area contributed by atoms with Crippen LogP contribution in [-0.4, -0.2) is 60.5 Å². The highest BCUT2D eigenvalue weighted by molar-refractivity contribution is 5.81. The average Bonchev–Trinajstić information content (AvgIpc) is 2.63. The Morgan fingerprint density at radius 2 is 1.95 bits per heavy atom. The number of hydrogen-bond acceptors (Lipinski definition) is 4. The third kappa shape index (κ3) is 3.26. The smallest absolute Gasteiger partial charge is 0.323 e. The fourth-order valence-electron chi connectivity index (χ4n) is 2.74. The van der Waals surface area contributed by atoms with Gasteiger partial charge in [0.25, 0.3) is 0 Å². The number of hydrogen-bond donors (Lipinski definition) is 0. The van der Waals surface area contributed by atoms with E-state index in [1.165, 1.54) is 0 Å². The van der Waals surface area contributed by atoms with Gasteiger partial charge in [-0.3, -0.25) is 14.5 Å². The molecule has 5 heteroatoms. The zero-order valence-electron chi connectivity index (χ0n) is 12.1. The molecule has 0 aliphatic carbocycles. The van der Waals surface area contributed by atoms with Gasteiger partial charge in [0.2, 0.25) is 5.91 Å². The van der Waals surface area contributed by atoms with Crippen molar-refractivity contribution in [3.05, 3.63) is 0 Å². The maximum Gasteiger partial charge on any atom is 0.323 e. The molecule has 2 rings (SSSR count). The quantitative estimate of drug-likeness (QED) is 0.663. The second-order valence-electron chi connectivity index (χ2n) is 6.40. The molecule has 1 atom stereocenters. The van der Waals surface area contributed by atoms with Crippen LogP contribution >= 0.6 is 0 Å². The van der Waals surface area contributed by atoms with Crippen LogP contribution < -0.4 is 0 Å². The van der Waals surface area contributed by atoms with Crippen molar-refractivity contribution in [2.45, 2.75) is 39.7 Å². The number of rotatable bonds is 1. The Kier molecular flexibility index (Phi) is 4.13. The van der Waals surface area contributed by atoms with E-state index in [9.17, 15) is 9.59 Å². The summed E-state index contributed by atoms with van der Waals surface area (Å²) in [5, 5.41) is 0. The molecule has 0 aromatic carbocycles. The Morgan fingerprint density at radius 1 is 1.21 bits per heavy atom. The minimum absolute atomic E-state index is 0.0929. The first-order chi connectivity index (χ1) is 8.89. The molecule has 19 heavy (non-hydrogen) atoms. The summed E-state index contributed by atoms with van der Waals surface area (Å²) in [4.78, 5) is 28.0. The third-order valence-electron chi connectivity index (χ3n) is 3.81. The molecule has 0 radical (unpaired) electrons. The molecule has 1 unspecified atom stereocenters. The highest BCUT2D eigenvalue weighted by atomic mass is 16.5. The molecule has 1 amide bonds. The van der Waals surface area contributed by atoms with Crippen LogP contribution in [0.1, 0.15) is 33.6 Å². The summed E-state index contributed by atoms with van der Waals surface area (Å²) in [5.41, 5.74) is -0.332. The van der Waals surface area contributed by atoms with Gasteiger partial charge in [-0.05, 0) is 6.42 Å². The molecule has 108 valence electrons. The molecule has 0 aromatic heterocycles. The van der Waals surface area contributed by atoms with E-state index in [1.54, 1.807) is 0 Å². The van der Waals surface area contributed by atoms with Gasteiger partial charge in [-0.1, -0.05) is 20.8 Å². The lowest BCUT2D eigenvalue weighted by Gasteiger charge is -2.29. The molecular weight excluding hydrogens is 244 g/mol. The van der Waals surface area contributed by atoms with Crippen LogP contribution in [0, 0.1) is 5.41 Å². The second kappa shape index (κ2) is 5.49. The Labute approximate surface area is 114 Å². The molecule has 2 heterocycles. The highest BCUT2D eigenvalue weighted by Gasteiger charge is 2.35. The lowest BCUT2D eigenvalue weighted by Crippen LogP contribution is -2.44. The van der Waals surface area contributed by atoms with Crippen LogP contribution in [0.3, 0.4) is 0 Å². The number of nitrogens with zero attached hydrogens (tertiary/aromatic N) is 2. The Morgan fingerprint density at radius 3 is 2.53 bits per heavy atom. The number of ether oxygens (including phenoxy) is 1. The maximum absolute atomic E-state index is 12.3. The summed E-state index contributed by atoms with van der Waals surface area (Å²) in [7, 11) is 0. The topological polar surface area (TPSA) is 49.9 Å². The summed E-state index contributed by atoms with van der Waals surface area (Å²) in [6.07, 6.45) is 1.71. The van der Waals surface area contributed by atoms with E-state index in [0.29, 0.717) is 13.2 Å². The van der Waals surface area contributed by atoms with Gasteiger partial charge in [-0.25, -0.2) is 0 Å². The maximum atomic E-state index is 12.3. The molecule has 5 nitrogen and oxygen atoms in total. The number of cyclic esters (lactones) is 1. The molecule has 0 aromatic rings. The first-order valence-corrected chi connectivity index (χ1v) is 7.09. The standard InChI is InChI=1S/C14H24N2O3/c1-14(2,3)13(18)16-7-4-6-15(8-9-16)11-5-10-19-12(11)17/h11H,4-10H2,1-3H3. The molecular formula is C14H24N2O3. The predicted molar refractivity (Wildman–Crippen MR) is 71.6 cm³/mol. The second-order valence-corrected chi connectivity index (χ2v) is 6.40. The SMILES string of the molecule is CC(C)(C)C(=O)N1CCCN(C2CCOC2=O)CC1. The van der Waals surface area contributed by atoms with Gasteiger partial charge in [-0.15, -0.1) is 0 Å². The number of carbonyl (C=O) groups is 2. The molecule has 2 aliphatic rings. The normalized spacial score (nSPS) is 26.2. The summed E-state index contributed by atoms with van der Waals surface area (Å²) < 4.78 is 5.03. The average molecular weight is 268 g/mol. The van der Waals surface area contributed by atoms with Gasteiger partial charge in [0.1, 0.15) is 6.04 Å². The highest BCUT2D eigenvalue weighted by Crippen LogP contribution is 2.21. The van der Waals surface area contributed by atoms with Gasteiger partial charge < -0.3 is 9.64 Å². The van der Waals surface area contributed by atoms with E-state index in [1.807, 2.05) is 25.7 Å². The summed E-state index contributed by atoms with van der Waals surface area (Å²) >= 11 is 0. The van der Waals surface area contributed by atoms with Crippen LogP contribution in [0.5, 0.6) is 0 Å². The number of carbonyl (C=O) groups excluding carboxylic acids is 2. The Bertz CT molecular complexity index is 362. The largest absolute Gasteiger partial charge is 0.464 e. The summed E-state index contributed by atoms with van der Waals surface area (Å²) in [6, 6.07) is -0.0929. The van der Waals surface area contributed by atoms with Crippen molar-refractivity contribution in [2.24, 2.45) is 5.41 Å². The van der Waals surface area contributed by atoms with E-state index in [4.69, 9.17) is 4.74 Å². The number of amides is 1. The van der Waals surface area contributed by atoms with Crippen molar-refractivity contribution in [3.8, 4) is 0 Å². The van der Waals surface area contributed by atoms with E-state index in [-0.39, 0.29) is 23.3 Å². The first kappa shape index (κ1) is 14.3.